The van der Waals surface area contributed by atoms with Crippen LogP contribution in [-0.2, 0) is 11.1 Å². The first-order valence-corrected chi connectivity index (χ1v) is 4.48. The van der Waals surface area contributed by atoms with Gasteiger partial charge in [-0.15, -0.1) is 0 Å². The topological polar surface area (TPSA) is 40.1 Å². The summed E-state index contributed by atoms with van der Waals surface area (Å²) >= 11 is 8.75. The molecule has 2 nitrogen and oxygen atoms in total. The summed E-state index contributed by atoms with van der Waals surface area (Å²) < 4.78 is 20.9. The van der Waals surface area contributed by atoms with Crippen molar-refractivity contribution in [2.75, 3.05) is 0 Å². The van der Waals surface area contributed by atoms with Crippen LogP contribution < -0.4 is 0 Å². The summed E-state index contributed by atoms with van der Waals surface area (Å²) in [7, 11) is 0. The van der Waals surface area contributed by atoms with E-state index in [1.165, 1.54) is 18.2 Å². The van der Waals surface area contributed by atoms with E-state index < -0.39 is 11.1 Å². The van der Waals surface area contributed by atoms with Crippen LogP contribution in [0.1, 0.15) is 0 Å². The molecule has 1 radical (unpaired) electrons. The molecule has 0 aliphatic carbocycles. The van der Waals surface area contributed by atoms with Gasteiger partial charge in [0.2, 0.25) is 0 Å². The second kappa shape index (κ2) is 5.60. The number of rotatable bonds is 1. The van der Waals surface area contributed by atoms with Crippen molar-refractivity contribution in [3.05, 3.63) is 28.2 Å². The van der Waals surface area contributed by atoms with Crippen LogP contribution in [0.4, 0.5) is 0 Å². The average molecular weight is 233 g/mol. The maximum absolute atomic E-state index is 10.4. The van der Waals surface area contributed by atoms with Crippen LogP contribution in [-0.4, -0.2) is 38.3 Å². The predicted octanol–water partition coefficient (Wildman–Crippen LogP) is 1.85. The molecule has 1 aromatic carbocycles. The minimum atomic E-state index is -2.32. The van der Waals surface area contributed by atoms with Crippen LogP contribution >= 0.6 is 23.2 Å². The summed E-state index contributed by atoms with van der Waals surface area (Å²) in [5.41, 5.74) is 0. The van der Waals surface area contributed by atoms with Crippen molar-refractivity contribution in [3.8, 4) is 0 Å². The van der Waals surface area contributed by atoms with Crippen LogP contribution in [0.25, 0.3) is 0 Å². The van der Waals surface area contributed by atoms with Crippen molar-refractivity contribution >= 4 is 63.8 Å². The van der Waals surface area contributed by atoms with Gasteiger partial charge in [-0.25, -0.2) is 0 Å². The third-order valence-electron chi connectivity index (χ3n) is 1.07. The zero-order valence-electron chi connectivity index (χ0n) is 6.21. The normalized spacial score (nSPS) is 11.9. The Morgan fingerprint density at radius 3 is 2.33 bits per heavy atom. The molecule has 61 valence electrons. The smallest absolute Gasteiger partial charge is 0.0557 e. The van der Waals surface area contributed by atoms with Crippen molar-refractivity contribution in [1.29, 1.82) is 0 Å². The van der Waals surface area contributed by atoms with E-state index in [-0.39, 0.29) is 39.5 Å². The fraction of sp³-hybridized carbons (Fsp3) is 0. The molecule has 0 bridgehead atoms. The van der Waals surface area contributed by atoms with Crippen molar-refractivity contribution in [3.63, 3.8) is 0 Å². The number of hydrogen-bond acceptors (Lipinski definition) is 2. The van der Waals surface area contributed by atoms with Crippen LogP contribution in [0, 0.1) is 0 Å². The molecule has 1 unspecified atom stereocenters. The molecule has 1 rings (SSSR count). The van der Waals surface area contributed by atoms with Gasteiger partial charge in [0.1, 0.15) is 0 Å². The third-order valence-corrected chi connectivity index (χ3v) is 2.45. The van der Waals surface area contributed by atoms with Gasteiger partial charge in [0.25, 0.3) is 0 Å². The molecule has 6 heteroatoms. The van der Waals surface area contributed by atoms with E-state index in [0.717, 1.165) is 0 Å². The molecular weight excluding hydrogens is 230 g/mol. The summed E-state index contributed by atoms with van der Waals surface area (Å²) in [6, 6.07) is 4.27. The number of halogens is 2. The fourth-order valence-corrected chi connectivity index (χ4v) is 1.60. The summed E-state index contributed by atoms with van der Waals surface area (Å²) in [6.07, 6.45) is 0. The SMILES string of the molecule is O=S([O-])c1cc(Cl)ccc1Cl.[Na]. The molecule has 0 amide bonds. The molecule has 0 N–H and O–H groups in total. The summed E-state index contributed by atoms with van der Waals surface area (Å²) in [5.74, 6) is 0. The first-order valence-electron chi connectivity index (χ1n) is 2.65. The summed E-state index contributed by atoms with van der Waals surface area (Å²) in [4.78, 5) is 0.0270. The fourth-order valence-electron chi connectivity index (χ4n) is 0.605. The van der Waals surface area contributed by atoms with Gasteiger partial charge in [-0.3, -0.25) is 4.21 Å². The Morgan fingerprint density at radius 1 is 1.33 bits per heavy atom. The molecule has 0 fully saturated rings. The molecule has 1 aromatic rings. The van der Waals surface area contributed by atoms with E-state index in [4.69, 9.17) is 23.2 Å². The molecule has 0 aromatic heterocycles. The van der Waals surface area contributed by atoms with E-state index in [9.17, 15) is 8.76 Å². The molecule has 0 aliphatic rings. The standard InChI is InChI=1S/C6H4Cl2O2S.Na/c7-4-1-2-5(8)6(3-4)11(9)10;/h1-3H,(H,9,10);/p-1. The van der Waals surface area contributed by atoms with Crippen LogP contribution in [0.3, 0.4) is 0 Å². The Bertz CT molecular complexity index is 306. The average Bonchev–Trinajstić information content (AvgIpc) is 1.94. The van der Waals surface area contributed by atoms with Crippen molar-refractivity contribution in [1.82, 2.24) is 0 Å². The van der Waals surface area contributed by atoms with Gasteiger partial charge < -0.3 is 4.55 Å². The molecule has 1 atom stereocenters. The zero-order chi connectivity index (χ0) is 8.43. The zero-order valence-corrected chi connectivity index (χ0v) is 10.5. The second-order valence-corrected chi connectivity index (χ2v) is 3.56. The van der Waals surface area contributed by atoms with Gasteiger partial charge in [-0.05, 0) is 29.3 Å². The van der Waals surface area contributed by atoms with Crippen LogP contribution in [0.5, 0.6) is 0 Å². The maximum atomic E-state index is 10.4. The summed E-state index contributed by atoms with van der Waals surface area (Å²) in [6.45, 7) is 0. The van der Waals surface area contributed by atoms with Crippen molar-refractivity contribution < 1.29 is 8.76 Å². The molecule has 0 spiro atoms. The van der Waals surface area contributed by atoms with Gasteiger partial charge in [0.05, 0.1) is 5.02 Å². The van der Waals surface area contributed by atoms with E-state index in [0.29, 0.717) is 5.02 Å². The Morgan fingerprint density at radius 2 is 1.92 bits per heavy atom. The van der Waals surface area contributed by atoms with Gasteiger partial charge in [0.15, 0.2) is 0 Å². The van der Waals surface area contributed by atoms with Gasteiger partial charge in [-0.2, -0.15) is 0 Å². The van der Waals surface area contributed by atoms with Crippen molar-refractivity contribution in [2.24, 2.45) is 0 Å². The van der Waals surface area contributed by atoms with E-state index >= 15 is 0 Å². The number of benzene rings is 1. The Balaban J connectivity index is 0.00000121. The number of hydrogen-bond donors (Lipinski definition) is 0. The van der Waals surface area contributed by atoms with E-state index in [2.05, 4.69) is 0 Å². The van der Waals surface area contributed by atoms with E-state index in [1.807, 2.05) is 0 Å². The first kappa shape index (κ1) is 12.9. The van der Waals surface area contributed by atoms with Gasteiger partial charge in [0, 0.05) is 39.5 Å². The Hall–Kier alpha value is 0.910. The molecule has 0 heterocycles. The second-order valence-electron chi connectivity index (χ2n) is 1.81. The quantitative estimate of drug-likeness (QED) is 0.548. The first-order chi connectivity index (χ1) is 5.11. The molecule has 0 saturated heterocycles. The summed E-state index contributed by atoms with van der Waals surface area (Å²) in [5, 5.41) is 0.538. The predicted molar refractivity (Wildman–Crippen MR) is 49.4 cm³/mol. The molecular formula is C6H3Cl2NaO2S-. The van der Waals surface area contributed by atoms with Crippen molar-refractivity contribution in [2.45, 2.75) is 4.90 Å². The van der Waals surface area contributed by atoms with Crippen LogP contribution in [0.2, 0.25) is 10.0 Å². The molecule has 0 aliphatic heterocycles. The third kappa shape index (κ3) is 3.34. The largest absolute Gasteiger partial charge is 0.768 e. The van der Waals surface area contributed by atoms with Gasteiger partial charge >= 0.3 is 0 Å². The van der Waals surface area contributed by atoms with E-state index in [1.54, 1.807) is 0 Å². The molecule has 0 saturated carbocycles. The minimum Gasteiger partial charge on any atom is -0.768 e. The Kier molecular flexibility index (Phi) is 6.03. The maximum Gasteiger partial charge on any atom is 0.0557 e. The minimum absolute atomic E-state index is 0. The monoisotopic (exact) mass is 232 g/mol. The molecule has 12 heavy (non-hydrogen) atoms. The van der Waals surface area contributed by atoms with Crippen LogP contribution in [0.15, 0.2) is 23.1 Å². The Labute approximate surface area is 105 Å². The van der Waals surface area contributed by atoms with Gasteiger partial charge in [-0.1, -0.05) is 23.2 Å².